The number of hydrogen-bond acceptors (Lipinski definition) is 4. The number of aliphatic hydroxyl groups is 1. The highest BCUT2D eigenvalue weighted by atomic mass is 16.5. The summed E-state index contributed by atoms with van der Waals surface area (Å²) in [6.07, 6.45) is 0.592. The molecule has 0 saturated carbocycles. The normalized spacial score (nSPS) is 12.9. The Kier molecular flexibility index (Phi) is 10.2. The number of nitrogens with zero attached hydrogens (tertiary/aromatic N) is 1. The van der Waals surface area contributed by atoms with Crippen LogP contribution < -0.4 is 0 Å². The van der Waals surface area contributed by atoms with Crippen LogP contribution in [0.25, 0.3) is 0 Å². The second-order valence-corrected chi connectivity index (χ2v) is 5.96. The Morgan fingerprint density at radius 1 is 1.08 bits per heavy atom. The maximum Gasteiger partial charge on any atom is 0.261 e. The van der Waals surface area contributed by atoms with Gasteiger partial charge in [0.1, 0.15) is 0 Å². The van der Waals surface area contributed by atoms with Gasteiger partial charge >= 0.3 is 0 Å². The number of carbonyl (C=O) groups is 2. The Bertz CT molecular complexity index is 489. The largest absolute Gasteiger partial charge is 0.396 e. The minimum Gasteiger partial charge on any atom is -0.396 e. The van der Waals surface area contributed by atoms with Crippen LogP contribution in [0.3, 0.4) is 0 Å². The molecule has 5 heteroatoms. The minimum atomic E-state index is -0.282. The molecule has 1 N–H and O–H groups in total. The topological polar surface area (TPSA) is 66.8 Å². The van der Waals surface area contributed by atoms with Gasteiger partial charge in [0.25, 0.3) is 11.8 Å². The summed E-state index contributed by atoms with van der Waals surface area (Å²) in [6, 6.07) is 6.86. The van der Waals surface area contributed by atoms with Crippen molar-refractivity contribution in [1.29, 1.82) is 0 Å². The zero-order valence-electron chi connectivity index (χ0n) is 15.8. The summed E-state index contributed by atoms with van der Waals surface area (Å²) in [4.78, 5) is 25.4. The van der Waals surface area contributed by atoms with Crippen molar-refractivity contribution in [3.8, 4) is 0 Å². The number of amides is 2. The third-order valence-corrected chi connectivity index (χ3v) is 3.61. The van der Waals surface area contributed by atoms with E-state index in [1.807, 2.05) is 34.6 Å². The maximum atomic E-state index is 12.1. The molecule has 0 spiro atoms. The van der Waals surface area contributed by atoms with Gasteiger partial charge in [0.2, 0.25) is 0 Å². The Morgan fingerprint density at radius 3 is 1.83 bits per heavy atom. The lowest BCUT2D eigenvalue weighted by molar-refractivity contribution is 0.0613. The van der Waals surface area contributed by atoms with Crippen LogP contribution >= 0.6 is 0 Å². The molecule has 0 radical (unpaired) electrons. The molecule has 24 heavy (non-hydrogen) atoms. The Balaban J connectivity index is 0.000000773. The molecule has 2 amide bonds. The molecule has 1 aliphatic heterocycles. The van der Waals surface area contributed by atoms with E-state index in [0.717, 1.165) is 6.61 Å². The Morgan fingerprint density at radius 2 is 1.50 bits per heavy atom. The van der Waals surface area contributed by atoms with Crippen molar-refractivity contribution < 1.29 is 19.4 Å². The van der Waals surface area contributed by atoms with Crippen LogP contribution in [0.1, 0.15) is 61.8 Å². The molecular formula is C19H31NO4. The maximum absolute atomic E-state index is 12.1. The first-order chi connectivity index (χ1) is 11.4. The number of imide groups is 1. The zero-order chi connectivity index (χ0) is 18.8. The number of hydrogen-bond donors (Lipinski definition) is 1. The molecule has 1 aliphatic rings. The Labute approximate surface area is 145 Å². The lowest BCUT2D eigenvalue weighted by Gasteiger charge is -2.24. The number of aliphatic hydroxyl groups excluding tert-OH is 1. The third kappa shape index (κ3) is 6.06. The van der Waals surface area contributed by atoms with Crippen molar-refractivity contribution in [3.63, 3.8) is 0 Å². The minimum absolute atomic E-state index is 0.0379. The highest BCUT2D eigenvalue weighted by Gasteiger charge is 2.35. The van der Waals surface area contributed by atoms with Gasteiger partial charge in [0.15, 0.2) is 0 Å². The van der Waals surface area contributed by atoms with Gasteiger partial charge in [0.05, 0.1) is 11.1 Å². The van der Waals surface area contributed by atoms with Crippen LogP contribution in [-0.2, 0) is 4.74 Å². The van der Waals surface area contributed by atoms with Crippen molar-refractivity contribution in [2.24, 2.45) is 5.41 Å². The van der Waals surface area contributed by atoms with E-state index in [1.54, 1.807) is 31.4 Å². The third-order valence-electron chi connectivity index (χ3n) is 3.61. The smallest absolute Gasteiger partial charge is 0.261 e. The van der Waals surface area contributed by atoms with Gasteiger partial charge in [-0.15, -0.1) is 0 Å². The van der Waals surface area contributed by atoms with E-state index in [0.29, 0.717) is 24.1 Å². The molecular weight excluding hydrogens is 306 g/mol. The average Bonchev–Trinajstić information content (AvgIpc) is 2.86. The van der Waals surface area contributed by atoms with Crippen LogP contribution in [0.15, 0.2) is 24.3 Å². The fourth-order valence-electron chi connectivity index (χ4n) is 1.94. The molecule has 0 fully saturated rings. The summed E-state index contributed by atoms with van der Waals surface area (Å²) in [5.74, 6) is -0.464. The van der Waals surface area contributed by atoms with Gasteiger partial charge in [-0.25, -0.2) is 0 Å². The van der Waals surface area contributed by atoms with Crippen LogP contribution in [-0.4, -0.2) is 48.7 Å². The van der Waals surface area contributed by atoms with Crippen molar-refractivity contribution in [1.82, 2.24) is 4.90 Å². The number of methoxy groups -OCH3 is 1. The molecule has 0 saturated heterocycles. The van der Waals surface area contributed by atoms with E-state index < -0.39 is 0 Å². The predicted octanol–water partition coefficient (Wildman–Crippen LogP) is 3.37. The van der Waals surface area contributed by atoms with Crippen molar-refractivity contribution in [3.05, 3.63) is 35.4 Å². The highest BCUT2D eigenvalue weighted by molar-refractivity contribution is 6.21. The molecule has 1 heterocycles. The SMILES string of the molecule is CC.CC(C)(CO)CCN1C(=O)c2ccccc2C1=O.CCOC. The van der Waals surface area contributed by atoms with E-state index in [2.05, 4.69) is 4.74 Å². The van der Waals surface area contributed by atoms with Gasteiger partial charge < -0.3 is 9.84 Å². The van der Waals surface area contributed by atoms with Gasteiger partial charge in [-0.1, -0.05) is 39.8 Å². The van der Waals surface area contributed by atoms with E-state index >= 15 is 0 Å². The first-order valence-electron chi connectivity index (χ1n) is 8.43. The number of benzene rings is 1. The molecule has 0 bridgehead atoms. The molecule has 1 aromatic carbocycles. The number of rotatable bonds is 5. The quantitative estimate of drug-likeness (QED) is 0.837. The number of fused-ring (bicyclic) bond motifs is 1. The van der Waals surface area contributed by atoms with Crippen LogP contribution in [0, 0.1) is 5.41 Å². The Hall–Kier alpha value is -1.72. The fourth-order valence-corrected chi connectivity index (χ4v) is 1.94. The number of ether oxygens (including phenoxy) is 1. The summed E-state index contributed by atoms with van der Waals surface area (Å²) >= 11 is 0. The van der Waals surface area contributed by atoms with Crippen LogP contribution in [0.4, 0.5) is 0 Å². The lowest BCUT2D eigenvalue weighted by atomic mass is 9.90. The first kappa shape index (κ1) is 22.3. The van der Waals surface area contributed by atoms with Crippen molar-refractivity contribution in [2.45, 2.75) is 41.0 Å². The molecule has 2 rings (SSSR count). The van der Waals surface area contributed by atoms with Gasteiger partial charge in [-0.05, 0) is 30.9 Å². The fraction of sp³-hybridized carbons (Fsp3) is 0.579. The van der Waals surface area contributed by atoms with Crippen LogP contribution in [0.2, 0.25) is 0 Å². The first-order valence-corrected chi connectivity index (χ1v) is 8.43. The van der Waals surface area contributed by atoms with Gasteiger partial charge in [-0.2, -0.15) is 0 Å². The van der Waals surface area contributed by atoms with Crippen molar-refractivity contribution in [2.75, 3.05) is 26.9 Å². The molecule has 0 aromatic heterocycles. The van der Waals surface area contributed by atoms with E-state index in [4.69, 9.17) is 0 Å². The van der Waals surface area contributed by atoms with Crippen LogP contribution in [0.5, 0.6) is 0 Å². The predicted molar refractivity (Wildman–Crippen MR) is 96.2 cm³/mol. The molecule has 0 aliphatic carbocycles. The molecule has 0 atom stereocenters. The van der Waals surface area contributed by atoms with E-state index in [9.17, 15) is 14.7 Å². The lowest BCUT2D eigenvalue weighted by Crippen LogP contribution is -2.34. The van der Waals surface area contributed by atoms with Crippen molar-refractivity contribution >= 4 is 11.8 Å². The average molecular weight is 337 g/mol. The molecule has 0 unspecified atom stereocenters. The van der Waals surface area contributed by atoms with Gasteiger partial charge in [-0.3, -0.25) is 14.5 Å². The van der Waals surface area contributed by atoms with E-state index in [-0.39, 0.29) is 23.8 Å². The summed E-state index contributed by atoms with van der Waals surface area (Å²) in [5.41, 5.74) is 0.670. The monoisotopic (exact) mass is 337 g/mol. The molecule has 1 aromatic rings. The summed E-state index contributed by atoms with van der Waals surface area (Å²) in [7, 11) is 1.68. The second-order valence-electron chi connectivity index (χ2n) is 5.96. The summed E-state index contributed by atoms with van der Waals surface area (Å²) < 4.78 is 4.54. The van der Waals surface area contributed by atoms with E-state index in [1.165, 1.54) is 4.90 Å². The second kappa shape index (κ2) is 10.9. The van der Waals surface area contributed by atoms with Gasteiger partial charge in [0, 0.05) is 26.9 Å². The summed E-state index contributed by atoms with van der Waals surface area (Å²) in [5, 5.41) is 9.18. The summed E-state index contributed by atoms with van der Waals surface area (Å²) in [6.45, 7) is 11.0. The highest BCUT2D eigenvalue weighted by Crippen LogP contribution is 2.25. The standard InChI is InChI=1S/C14H17NO3.C3H8O.C2H6/c1-14(2,9-16)7-8-15-12(17)10-5-3-4-6-11(10)13(15)18;1-3-4-2;1-2/h3-6,16H,7-9H2,1-2H3;3H2,1-2H3;1-2H3. The molecule has 136 valence electrons. The zero-order valence-corrected chi connectivity index (χ0v) is 15.8. The molecule has 5 nitrogen and oxygen atoms in total. The number of carbonyl (C=O) groups excluding carboxylic acids is 2.